The monoisotopic (exact) mass is 351 g/mol. The second-order valence-electron chi connectivity index (χ2n) is 5.22. The third-order valence-corrected chi connectivity index (χ3v) is 4.83. The van der Waals surface area contributed by atoms with Crippen LogP contribution in [0.1, 0.15) is 5.56 Å². The Labute approximate surface area is 142 Å². The van der Waals surface area contributed by atoms with Crippen LogP contribution in [0.3, 0.4) is 0 Å². The van der Waals surface area contributed by atoms with Gasteiger partial charge in [0.25, 0.3) is 0 Å². The molecular formula is C16H21N3O4S. The van der Waals surface area contributed by atoms with Gasteiger partial charge in [0.05, 0.1) is 14.2 Å². The summed E-state index contributed by atoms with van der Waals surface area (Å²) in [4.78, 5) is 6.12. The molecule has 24 heavy (non-hydrogen) atoms. The third kappa shape index (κ3) is 3.95. The zero-order chi connectivity index (χ0) is 17.7. The molecule has 0 radical (unpaired) electrons. The van der Waals surface area contributed by atoms with Gasteiger partial charge in [-0.15, -0.1) is 0 Å². The lowest BCUT2D eigenvalue weighted by atomic mass is 10.2. The first-order valence-corrected chi connectivity index (χ1v) is 8.70. The van der Waals surface area contributed by atoms with Crippen molar-refractivity contribution in [3.8, 4) is 11.5 Å². The van der Waals surface area contributed by atoms with E-state index in [1.165, 1.54) is 20.3 Å². The second kappa shape index (κ2) is 7.50. The average Bonchev–Trinajstić information content (AvgIpc) is 2.59. The van der Waals surface area contributed by atoms with Crippen LogP contribution in [0.2, 0.25) is 0 Å². The van der Waals surface area contributed by atoms with Crippen LogP contribution in [0.4, 0.5) is 5.82 Å². The molecule has 0 atom stereocenters. The highest BCUT2D eigenvalue weighted by Gasteiger charge is 2.21. The van der Waals surface area contributed by atoms with Crippen LogP contribution in [0, 0.1) is 0 Å². The molecule has 1 heterocycles. The molecule has 130 valence electrons. The maximum absolute atomic E-state index is 12.7. The summed E-state index contributed by atoms with van der Waals surface area (Å²) in [6.45, 7) is 0.115. The molecule has 0 saturated heterocycles. The Morgan fingerprint density at radius 3 is 2.54 bits per heavy atom. The molecule has 0 saturated carbocycles. The van der Waals surface area contributed by atoms with E-state index in [-0.39, 0.29) is 17.2 Å². The van der Waals surface area contributed by atoms with Crippen molar-refractivity contribution in [2.45, 2.75) is 11.4 Å². The molecule has 2 aromatic rings. The number of hydrogen-bond acceptors (Lipinski definition) is 6. The van der Waals surface area contributed by atoms with Crippen LogP contribution in [-0.2, 0) is 16.6 Å². The molecule has 2 rings (SSSR count). The molecular weight excluding hydrogens is 330 g/mol. The highest BCUT2D eigenvalue weighted by molar-refractivity contribution is 7.89. The number of ether oxygens (including phenoxy) is 2. The molecule has 1 aromatic carbocycles. The van der Waals surface area contributed by atoms with Crippen molar-refractivity contribution in [2.75, 3.05) is 33.2 Å². The molecule has 7 nitrogen and oxygen atoms in total. The van der Waals surface area contributed by atoms with Crippen molar-refractivity contribution in [1.82, 2.24) is 9.71 Å². The van der Waals surface area contributed by atoms with E-state index in [1.807, 2.05) is 25.1 Å². The number of pyridine rings is 1. The van der Waals surface area contributed by atoms with Gasteiger partial charge in [0.15, 0.2) is 0 Å². The molecule has 0 aliphatic rings. The number of rotatable bonds is 7. The fraction of sp³-hybridized carbons (Fsp3) is 0.312. The van der Waals surface area contributed by atoms with Gasteiger partial charge in [-0.05, 0) is 18.2 Å². The number of aromatic nitrogens is 1. The summed E-state index contributed by atoms with van der Waals surface area (Å²) in [5.74, 6) is 1.40. The van der Waals surface area contributed by atoms with Gasteiger partial charge < -0.3 is 14.4 Å². The second-order valence-corrected chi connectivity index (χ2v) is 6.96. The van der Waals surface area contributed by atoms with Crippen molar-refractivity contribution in [2.24, 2.45) is 0 Å². The predicted molar refractivity (Wildman–Crippen MR) is 92.1 cm³/mol. The Kier molecular flexibility index (Phi) is 5.63. The van der Waals surface area contributed by atoms with Gasteiger partial charge in [0.2, 0.25) is 10.0 Å². The van der Waals surface area contributed by atoms with E-state index in [4.69, 9.17) is 9.47 Å². The van der Waals surface area contributed by atoms with Crippen molar-refractivity contribution in [3.63, 3.8) is 0 Å². The summed E-state index contributed by atoms with van der Waals surface area (Å²) in [6, 6.07) is 8.22. The number of anilines is 1. The van der Waals surface area contributed by atoms with Crippen molar-refractivity contribution in [1.29, 1.82) is 0 Å². The van der Waals surface area contributed by atoms with E-state index >= 15 is 0 Å². The van der Waals surface area contributed by atoms with E-state index < -0.39 is 10.0 Å². The van der Waals surface area contributed by atoms with Gasteiger partial charge in [-0.25, -0.2) is 18.1 Å². The van der Waals surface area contributed by atoms with Gasteiger partial charge in [-0.3, -0.25) is 0 Å². The third-order valence-electron chi connectivity index (χ3n) is 3.40. The van der Waals surface area contributed by atoms with Gasteiger partial charge in [0.1, 0.15) is 22.2 Å². The molecule has 1 N–H and O–H groups in total. The molecule has 0 aliphatic heterocycles. The molecule has 0 fully saturated rings. The summed E-state index contributed by atoms with van der Waals surface area (Å²) in [5.41, 5.74) is 0.771. The Bertz CT molecular complexity index is 807. The lowest BCUT2D eigenvalue weighted by molar-refractivity contribution is 0.392. The van der Waals surface area contributed by atoms with Crippen molar-refractivity contribution >= 4 is 15.8 Å². The zero-order valence-corrected chi connectivity index (χ0v) is 14.9. The van der Waals surface area contributed by atoms with E-state index in [0.717, 1.165) is 5.56 Å². The van der Waals surface area contributed by atoms with Gasteiger partial charge in [-0.2, -0.15) is 0 Å². The number of hydrogen-bond donors (Lipinski definition) is 1. The van der Waals surface area contributed by atoms with Crippen LogP contribution < -0.4 is 19.1 Å². The number of nitrogens with zero attached hydrogens (tertiary/aromatic N) is 2. The number of nitrogens with one attached hydrogen (secondary N) is 1. The van der Waals surface area contributed by atoms with Crippen LogP contribution in [-0.4, -0.2) is 41.7 Å². The summed E-state index contributed by atoms with van der Waals surface area (Å²) >= 11 is 0. The number of sulfonamides is 1. The van der Waals surface area contributed by atoms with Crippen LogP contribution in [0.5, 0.6) is 11.5 Å². The van der Waals surface area contributed by atoms with E-state index in [9.17, 15) is 8.42 Å². The summed E-state index contributed by atoms with van der Waals surface area (Å²) < 4.78 is 38.1. The van der Waals surface area contributed by atoms with Crippen LogP contribution >= 0.6 is 0 Å². The first kappa shape index (κ1) is 18.0. The topological polar surface area (TPSA) is 80.8 Å². The molecule has 0 aliphatic carbocycles. The minimum absolute atomic E-state index is 0.0274. The highest BCUT2D eigenvalue weighted by atomic mass is 32.2. The molecule has 8 heteroatoms. The maximum atomic E-state index is 12.7. The predicted octanol–water partition coefficient (Wildman–Crippen LogP) is 1.64. The Balaban J connectivity index is 2.30. The fourth-order valence-corrected chi connectivity index (χ4v) is 3.40. The number of methoxy groups -OCH3 is 2. The van der Waals surface area contributed by atoms with Crippen LogP contribution in [0.25, 0.3) is 0 Å². The van der Waals surface area contributed by atoms with E-state index in [2.05, 4.69) is 9.71 Å². The molecule has 0 spiro atoms. The standard InChI is InChI=1S/C16H21N3O4S/c1-19(2)16-12(6-5-9-17-16)11-18-24(20,21)15-10-13(22-3)7-8-14(15)23-4/h5-10,18H,11H2,1-4H3. The normalized spacial score (nSPS) is 11.2. The Morgan fingerprint density at radius 1 is 1.17 bits per heavy atom. The largest absolute Gasteiger partial charge is 0.497 e. The van der Waals surface area contributed by atoms with Gasteiger partial charge in [0, 0.05) is 38.5 Å². The quantitative estimate of drug-likeness (QED) is 0.817. The fourth-order valence-electron chi connectivity index (χ4n) is 2.22. The van der Waals surface area contributed by atoms with Crippen LogP contribution in [0.15, 0.2) is 41.4 Å². The van der Waals surface area contributed by atoms with E-state index in [0.29, 0.717) is 11.6 Å². The minimum atomic E-state index is -3.78. The molecule has 1 aromatic heterocycles. The first-order chi connectivity index (χ1) is 11.4. The number of benzene rings is 1. The maximum Gasteiger partial charge on any atom is 0.244 e. The molecule has 0 bridgehead atoms. The Morgan fingerprint density at radius 2 is 1.92 bits per heavy atom. The summed E-state index contributed by atoms with van der Waals surface area (Å²) in [5, 5.41) is 0. The smallest absolute Gasteiger partial charge is 0.244 e. The lowest BCUT2D eigenvalue weighted by Gasteiger charge is -2.17. The highest BCUT2D eigenvalue weighted by Crippen LogP contribution is 2.28. The summed E-state index contributed by atoms with van der Waals surface area (Å²) in [7, 11) is 2.83. The zero-order valence-electron chi connectivity index (χ0n) is 14.1. The Hall–Kier alpha value is -2.32. The molecule has 0 unspecified atom stereocenters. The first-order valence-electron chi connectivity index (χ1n) is 7.22. The minimum Gasteiger partial charge on any atom is -0.497 e. The van der Waals surface area contributed by atoms with Gasteiger partial charge in [-0.1, -0.05) is 6.07 Å². The summed E-state index contributed by atoms with van der Waals surface area (Å²) in [6.07, 6.45) is 1.67. The van der Waals surface area contributed by atoms with E-state index in [1.54, 1.807) is 24.4 Å². The SMILES string of the molecule is COc1ccc(OC)c(S(=O)(=O)NCc2cccnc2N(C)C)c1. The average molecular weight is 351 g/mol. The van der Waals surface area contributed by atoms with Crippen molar-refractivity contribution in [3.05, 3.63) is 42.1 Å². The van der Waals surface area contributed by atoms with Crippen molar-refractivity contribution < 1.29 is 17.9 Å². The molecule has 0 amide bonds. The van der Waals surface area contributed by atoms with Gasteiger partial charge >= 0.3 is 0 Å². The lowest BCUT2D eigenvalue weighted by Crippen LogP contribution is -2.25.